The van der Waals surface area contributed by atoms with Crippen molar-refractivity contribution in [1.82, 2.24) is 19.5 Å². The number of thioether (sulfide) groups is 1. The van der Waals surface area contributed by atoms with E-state index in [2.05, 4.69) is 47.2 Å². The van der Waals surface area contributed by atoms with Crippen LogP contribution in [0, 0.1) is 6.92 Å². The van der Waals surface area contributed by atoms with Crippen molar-refractivity contribution in [1.29, 1.82) is 0 Å². The zero-order chi connectivity index (χ0) is 31.3. The maximum absolute atomic E-state index is 9.87. The number of fused-ring (bicyclic) bond motifs is 1. The minimum Gasteiger partial charge on any atom is -0.481 e. The summed E-state index contributed by atoms with van der Waals surface area (Å²) in [5.41, 5.74) is 1.77. The van der Waals surface area contributed by atoms with Crippen molar-refractivity contribution in [3.8, 4) is 0 Å². The Morgan fingerprint density at radius 2 is 1.27 bits per heavy atom. The zero-order valence-corrected chi connectivity index (χ0v) is 29.5. The second-order valence-corrected chi connectivity index (χ2v) is 11.0. The number of hydrogen-bond acceptors (Lipinski definition) is 5. The lowest BCUT2D eigenvalue weighted by Gasteiger charge is -2.11. The topological polar surface area (TPSA) is 80.9 Å². The molecule has 0 unspecified atom stereocenters. The van der Waals surface area contributed by atoms with Crippen LogP contribution in [0.25, 0.3) is 11.2 Å². The summed E-state index contributed by atoms with van der Waals surface area (Å²) in [5, 5.41) is 9.82. The fourth-order valence-electron chi connectivity index (χ4n) is 3.77. The van der Waals surface area contributed by atoms with Crippen molar-refractivity contribution in [2.45, 2.75) is 176 Å². The van der Waals surface area contributed by atoms with Crippen LogP contribution in [0.2, 0.25) is 5.28 Å². The van der Waals surface area contributed by atoms with Gasteiger partial charge in [0.2, 0.25) is 5.28 Å². The number of aliphatic carboxylic acids is 1. The normalized spacial score (nSPS) is 9.93. The molecule has 2 heterocycles. The van der Waals surface area contributed by atoms with Gasteiger partial charge in [-0.2, -0.15) is 4.98 Å². The molecule has 0 saturated carbocycles. The zero-order valence-electron chi connectivity index (χ0n) is 27.9. The van der Waals surface area contributed by atoms with Crippen molar-refractivity contribution in [2.24, 2.45) is 0 Å². The van der Waals surface area contributed by atoms with Crippen LogP contribution >= 0.6 is 23.4 Å². The fraction of sp³-hybridized carbons (Fsp3) is 0.812. The standard InChI is InChI=1S/C20H33ClN4S.C6H12O2.3C2H6/c1-5-6-7-8-9-10-11-12-13-14-25-16(4)22-18-17(25)19(26-15(2)3)24-20(21)23-18;1-2-3-4-5-6(7)8;3*1-2/h15H,5-14H2,1-4H3;2-5H2,1H3,(H,7,8);3*1-2H3. The molecule has 0 aliphatic carbocycles. The predicted octanol–water partition coefficient (Wildman–Crippen LogP) is 11.5. The van der Waals surface area contributed by atoms with E-state index in [0.717, 1.165) is 47.8 Å². The lowest BCUT2D eigenvalue weighted by atomic mass is 10.1. The Kier molecular flexibility index (Phi) is 33.0. The van der Waals surface area contributed by atoms with Crippen LogP contribution in [-0.2, 0) is 11.3 Å². The summed E-state index contributed by atoms with van der Waals surface area (Å²) < 4.78 is 2.28. The smallest absolute Gasteiger partial charge is 0.303 e. The lowest BCUT2D eigenvalue weighted by Crippen LogP contribution is -2.03. The summed E-state index contributed by atoms with van der Waals surface area (Å²) in [4.78, 5) is 23.3. The number of aromatic nitrogens is 4. The van der Waals surface area contributed by atoms with E-state index in [-0.39, 0.29) is 5.28 Å². The third-order valence-electron chi connectivity index (χ3n) is 5.56. The molecule has 0 aliphatic rings. The van der Waals surface area contributed by atoms with E-state index >= 15 is 0 Å². The summed E-state index contributed by atoms with van der Waals surface area (Å²) in [6, 6.07) is 0. The monoisotopic (exact) mass is 602 g/mol. The highest BCUT2D eigenvalue weighted by Crippen LogP contribution is 2.30. The molecular formula is C32H63ClN4O2S. The Labute approximate surface area is 256 Å². The van der Waals surface area contributed by atoms with E-state index < -0.39 is 5.97 Å². The molecule has 0 atom stereocenters. The minimum absolute atomic E-state index is 0.286. The maximum Gasteiger partial charge on any atom is 0.303 e. The third-order valence-corrected chi connectivity index (χ3v) is 6.71. The number of rotatable bonds is 16. The maximum atomic E-state index is 9.87. The van der Waals surface area contributed by atoms with Crippen LogP contribution in [0.4, 0.5) is 0 Å². The van der Waals surface area contributed by atoms with Crippen molar-refractivity contribution in [3.05, 3.63) is 11.1 Å². The van der Waals surface area contributed by atoms with Gasteiger partial charge in [0.05, 0.1) is 0 Å². The van der Waals surface area contributed by atoms with E-state index in [1.54, 1.807) is 11.8 Å². The van der Waals surface area contributed by atoms with Crippen molar-refractivity contribution in [3.63, 3.8) is 0 Å². The number of carboxylic acids is 1. The van der Waals surface area contributed by atoms with Gasteiger partial charge in [-0.25, -0.2) is 9.97 Å². The Bertz CT molecular complexity index is 844. The Hall–Kier alpha value is -1.34. The van der Waals surface area contributed by atoms with Gasteiger partial charge in [-0.1, -0.05) is 133 Å². The summed E-state index contributed by atoms with van der Waals surface area (Å²) >= 11 is 7.82. The molecule has 2 aromatic heterocycles. The summed E-state index contributed by atoms with van der Waals surface area (Å²) in [6.45, 7) is 23.7. The number of aryl methyl sites for hydroxylation is 2. The highest BCUT2D eigenvalue weighted by molar-refractivity contribution is 8.00. The van der Waals surface area contributed by atoms with Gasteiger partial charge in [0.15, 0.2) is 5.65 Å². The molecule has 0 amide bonds. The molecule has 1 N–H and O–H groups in total. The van der Waals surface area contributed by atoms with Crippen LogP contribution in [0.5, 0.6) is 0 Å². The van der Waals surface area contributed by atoms with Crippen molar-refractivity contribution in [2.75, 3.05) is 0 Å². The predicted molar refractivity (Wildman–Crippen MR) is 179 cm³/mol. The lowest BCUT2D eigenvalue weighted by molar-refractivity contribution is -0.137. The average molecular weight is 603 g/mol. The Balaban J connectivity index is -0.000000824. The highest BCUT2D eigenvalue weighted by Gasteiger charge is 2.17. The van der Waals surface area contributed by atoms with Crippen LogP contribution in [0.15, 0.2) is 5.03 Å². The van der Waals surface area contributed by atoms with Gasteiger partial charge < -0.3 is 9.67 Å². The first-order chi connectivity index (χ1) is 19.3. The third kappa shape index (κ3) is 21.4. The van der Waals surface area contributed by atoms with Crippen molar-refractivity contribution >= 4 is 40.5 Å². The molecule has 0 aliphatic heterocycles. The van der Waals surface area contributed by atoms with Crippen LogP contribution in [0.1, 0.15) is 159 Å². The molecule has 0 radical (unpaired) electrons. The van der Waals surface area contributed by atoms with Gasteiger partial charge in [0, 0.05) is 18.2 Å². The van der Waals surface area contributed by atoms with E-state index in [1.807, 2.05) is 48.5 Å². The number of imidazole rings is 1. The molecule has 6 nitrogen and oxygen atoms in total. The largest absolute Gasteiger partial charge is 0.481 e. The molecule has 2 aromatic rings. The van der Waals surface area contributed by atoms with E-state index in [1.165, 1.54) is 57.8 Å². The molecule has 8 heteroatoms. The molecule has 236 valence electrons. The number of unbranched alkanes of at least 4 members (excludes halogenated alkanes) is 10. The second kappa shape index (κ2) is 30.6. The van der Waals surface area contributed by atoms with Crippen LogP contribution in [-0.4, -0.2) is 35.8 Å². The number of carboxylic acid groups (broad SMARTS) is 1. The van der Waals surface area contributed by atoms with Gasteiger partial charge in [-0.3, -0.25) is 4.79 Å². The SMILES string of the molecule is CC.CC.CC.CCCCCC(=O)O.CCCCCCCCCCCn1c(C)nc2nc(Cl)nc(SC(C)C)c21. The van der Waals surface area contributed by atoms with Gasteiger partial charge in [0.25, 0.3) is 0 Å². The van der Waals surface area contributed by atoms with E-state index in [0.29, 0.717) is 11.7 Å². The minimum atomic E-state index is -0.682. The van der Waals surface area contributed by atoms with Crippen LogP contribution < -0.4 is 0 Å². The first kappa shape index (κ1) is 43.1. The van der Waals surface area contributed by atoms with E-state index in [9.17, 15) is 4.79 Å². The molecule has 0 spiro atoms. The summed E-state index contributed by atoms with van der Waals surface area (Å²) in [5.74, 6) is 0.320. The molecular weight excluding hydrogens is 540 g/mol. The quantitative estimate of drug-likeness (QED) is 0.0890. The fourth-order valence-corrected chi connectivity index (χ4v) is 4.89. The van der Waals surface area contributed by atoms with Crippen LogP contribution in [0.3, 0.4) is 0 Å². The average Bonchev–Trinajstić information content (AvgIpc) is 3.25. The highest BCUT2D eigenvalue weighted by atomic mass is 35.5. The number of halogens is 1. The summed E-state index contributed by atoms with van der Waals surface area (Å²) in [7, 11) is 0. The van der Waals surface area contributed by atoms with Gasteiger partial charge in [0.1, 0.15) is 16.4 Å². The molecule has 2 rings (SSSR count). The number of hydrogen-bond donors (Lipinski definition) is 1. The van der Waals surface area contributed by atoms with Gasteiger partial charge in [-0.15, -0.1) is 11.8 Å². The molecule has 0 saturated heterocycles. The van der Waals surface area contributed by atoms with Gasteiger partial charge in [-0.05, 0) is 31.4 Å². The van der Waals surface area contributed by atoms with E-state index in [4.69, 9.17) is 16.7 Å². The Morgan fingerprint density at radius 3 is 1.75 bits per heavy atom. The van der Waals surface area contributed by atoms with Gasteiger partial charge >= 0.3 is 5.97 Å². The molecule has 0 fully saturated rings. The van der Waals surface area contributed by atoms with Crippen molar-refractivity contribution < 1.29 is 9.90 Å². The number of nitrogens with zero attached hydrogens (tertiary/aromatic N) is 4. The number of carbonyl (C=O) groups is 1. The summed E-state index contributed by atoms with van der Waals surface area (Å²) in [6.07, 6.45) is 15.3. The first-order valence-corrected chi connectivity index (χ1v) is 17.3. The Morgan fingerprint density at radius 1 is 0.800 bits per heavy atom. The second-order valence-electron chi connectivity index (χ2n) is 9.13. The molecule has 0 bridgehead atoms. The molecule has 0 aromatic carbocycles. The molecule has 40 heavy (non-hydrogen) atoms. The first-order valence-electron chi connectivity index (χ1n) is 16.1.